The Morgan fingerprint density at radius 1 is 1.38 bits per heavy atom. The van der Waals surface area contributed by atoms with Gasteiger partial charge in [0.15, 0.2) is 0 Å². The molecule has 1 aromatic rings. The van der Waals surface area contributed by atoms with Crippen LogP contribution < -0.4 is 5.32 Å². The lowest BCUT2D eigenvalue weighted by atomic mass is 10.1. The van der Waals surface area contributed by atoms with Crippen molar-refractivity contribution in [3.63, 3.8) is 0 Å². The van der Waals surface area contributed by atoms with Crippen molar-refractivity contribution in [2.45, 2.75) is 38.0 Å². The number of rotatable bonds is 5. The molecular formula is C16H19BrN2O5. The highest BCUT2D eigenvalue weighted by Gasteiger charge is 2.38. The van der Waals surface area contributed by atoms with Gasteiger partial charge in [-0.25, -0.2) is 4.79 Å². The van der Waals surface area contributed by atoms with Gasteiger partial charge in [0.2, 0.25) is 11.8 Å². The Kier molecular flexibility index (Phi) is 5.95. The molecule has 3 atom stereocenters. The maximum Gasteiger partial charge on any atom is 0.326 e. The predicted octanol–water partition coefficient (Wildman–Crippen LogP) is 0.543. The number of carboxylic acid groups (broad SMARTS) is 1. The summed E-state index contributed by atoms with van der Waals surface area (Å²) in [6.45, 7) is 1.39. The smallest absolute Gasteiger partial charge is 0.326 e. The molecule has 0 unspecified atom stereocenters. The number of carboxylic acids is 1. The molecule has 24 heavy (non-hydrogen) atoms. The fourth-order valence-corrected chi connectivity index (χ4v) is 3.21. The highest BCUT2D eigenvalue weighted by atomic mass is 79.9. The van der Waals surface area contributed by atoms with Crippen LogP contribution in [0.5, 0.6) is 0 Å². The second kappa shape index (κ2) is 7.76. The fourth-order valence-electron chi connectivity index (χ4n) is 2.76. The monoisotopic (exact) mass is 398 g/mol. The third-order valence-electron chi connectivity index (χ3n) is 3.98. The zero-order valence-corrected chi connectivity index (χ0v) is 14.7. The topological polar surface area (TPSA) is 107 Å². The molecule has 1 heterocycles. The minimum Gasteiger partial charge on any atom is -0.480 e. The van der Waals surface area contributed by atoms with Crippen molar-refractivity contribution >= 4 is 33.7 Å². The summed E-state index contributed by atoms with van der Waals surface area (Å²) in [4.78, 5) is 36.7. The van der Waals surface area contributed by atoms with E-state index in [1.165, 1.54) is 11.8 Å². The molecule has 0 spiro atoms. The Balaban J connectivity index is 2.10. The Bertz CT molecular complexity index is 651. The summed E-state index contributed by atoms with van der Waals surface area (Å²) in [5, 5.41) is 21.5. The van der Waals surface area contributed by atoms with E-state index in [9.17, 15) is 24.6 Å². The van der Waals surface area contributed by atoms with E-state index in [0.29, 0.717) is 0 Å². The molecule has 2 amide bonds. The number of aliphatic carboxylic acids is 1. The number of carbonyl (C=O) groups is 3. The average molecular weight is 399 g/mol. The molecule has 8 heteroatoms. The zero-order chi connectivity index (χ0) is 17.9. The number of aliphatic hydroxyl groups excluding tert-OH is 1. The first-order chi connectivity index (χ1) is 11.3. The summed E-state index contributed by atoms with van der Waals surface area (Å²) in [6.07, 6.45) is -0.568. The number of likely N-dealkylation sites (tertiary alicyclic amines) is 1. The van der Waals surface area contributed by atoms with Gasteiger partial charge in [-0.2, -0.15) is 0 Å². The lowest BCUT2D eigenvalue weighted by Gasteiger charge is -2.24. The van der Waals surface area contributed by atoms with Crippen molar-refractivity contribution < 1.29 is 24.6 Å². The molecule has 0 radical (unpaired) electrons. The van der Waals surface area contributed by atoms with Crippen LogP contribution in [0.15, 0.2) is 28.7 Å². The molecule has 1 aromatic carbocycles. The molecule has 130 valence electrons. The van der Waals surface area contributed by atoms with Gasteiger partial charge in [-0.1, -0.05) is 34.1 Å². The van der Waals surface area contributed by atoms with Gasteiger partial charge in [-0.15, -0.1) is 0 Å². The standard InChI is InChI=1S/C16H19BrN2O5/c1-9(20)19-8-11(21)7-14(19)15(22)18-13(16(23)24)6-10-4-2-3-5-12(10)17/h2-5,11,13-14,21H,6-8H2,1H3,(H,18,22)(H,23,24)/t11-,13+,14+/m1/s1. The molecule has 7 nitrogen and oxygen atoms in total. The lowest BCUT2D eigenvalue weighted by molar-refractivity contribution is -0.143. The van der Waals surface area contributed by atoms with Gasteiger partial charge >= 0.3 is 5.97 Å². The van der Waals surface area contributed by atoms with Crippen molar-refractivity contribution in [3.05, 3.63) is 34.3 Å². The van der Waals surface area contributed by atoms with Gasteiger partial charge in [-0.05, 0) is 11.6 Å². The van der Waals surface area contributed by atoms with Gasteiger partial charge < -0.3 is 20.4 Å². The van der Waals surface area contributed by atoms with Crippen LogP contribution in [0.2, 0.25) is 0 Å². The number of nitrogens with zero attached hydrogens (tertiary/aromatic N) is 1. The number of carbonyl (C=O) groups excluding carboxylic acids is 2. The Labute approximate surface area is 147 Å². The number of hydrogen-bond acceptors (Lipinski definition) is 4. The van der Waals surface area contributed by atoms with Gasteiger partial charge in [0.05, 0.1) is 6.10 Å². The average Bonchev–Trinajstić information content (AvgIpc) is 2.91. The van der Waals surface area contributed by atoms with Crippen LogP contribution in [0, 0.1) is 0 Å². The van der Waals surface area contributed by atoms with Crippen molar-refractivity contribution in [2.75, 3.05) is 6.54 Å². The highest BCUT2D eigenvalue weighted by Crippen LogP contribution is 2.20. The van der Waals surface area contributed by atoms with E-state index in [-0.39, 0.29) is 25.3 Å². The lowest BCUT2D eigenvalue weighted by Crippen LogP contribution is -2.51. The normalized spacial score (nSPS) is 21.4. The molecular weight excluding hydrogens is 380 g/mol. The Morgan fingerprint density at radius 3 is 2.62 bits per heavy atom. The third kappa shape index (κ3) is 4.33. The second-order valence-corrected chi connectivity index (χ2v) is 6.63. The maximum atomic E-state index is 12.4. The van der Waals surface area contributed by atoms with Crippen molar-refractivity contribution in [1.29, 1.82) is 0 Å². The molecule has 1 aliphatic heterocycles. The van der Waals surface area contributed by atoms with Crippen molar-refractivity contribution in [1.82, 2.24) is 10.2 Å². The number of benzene rings is 1. The minimum atomic E-state index is -1.16. The van der Waals surface area contributed by atoms with Gasteiger partial charge in [-0.3, -0.25) is 9.59 Å². The molecule has 1 aliphatic rings. The molecule has 0 saturated carbocycles. The minimum absolute atomic E-state index is 0.0788. The number of amides is 2. The van der Waals surface area contributed by atoms with E-state index >= 15 is 0 Å². The second-order valence-electron chi connectivity index (χ2n) is 5.77. The number of halogens is 1. The number of aliphatic hydroxyl groups is 1. The summed E-state index contributed by atoms with van der Waals surface area (Å²) < 4.78 is 0.757. The fraction of sp³-hybridized carbons (Fsp3) is 0.438. The predicted molar refractivity (Wildman–Crippen MR) is 89.2 cm³/mol. The van der Waals surface area contributed by atoms with E-state index in [0.717, 1.165) is 10.0 Å². The first kappa shape index (κ1) is 18.4. The van der Waals surface area contributed by atoms with E-state index in [1.807, 2.05) is 6.07 Å². The molecule has 0 bridgehead atoms. The molecule has 1 saturated heterocycles. The first-order valence-corrected chi connectivity index (χ1v) is 8.30. The van der Waals surface area contributed by atoms with Gasteiger partial charge in [0.1, 0.15) is 12.1 Å². The van der Waals surface area contributed by atoms with Crippen LogP contribution >= 0.6 is 15.9 Å². The molecule has 3 N–H and O–H groups in total. The highest BCUT2D eigenvalue weighted by molar-refractivity contribution is 9.10. The van der Waals surface area contributed by atoms with Crippen molar-refractivity contribution in [2.24, 2.45) is 0 Å². The van der Waals surface area contributed by atoms with Crippen molar-refractivity contribution in [3.8, 4) is 0 Å². The van der Waals surface area contributed by atoms with E-state index < -0.39 is 30.1 Å². The molecule has 1 fully saturated rings. The SMILES string of the molecule is CC(=O)N1C[C@H](O)C[C@H]1C(=O)N[C@@H](Cc1ccccc1Br)C(=O)O. The number of hydrogen-bond donors (Lipinski definition) is 3. The zero-order valence-electron chi connectivity index (χ0n) is 13.1. The largest absolute Gasteiger partial charge is 0.480 e. The summed E-state index contributed by atoms with van der Waals surface area (Å²) in [5.41, 5.74) is 0.750. The Morgan fingerprint density at radius 2 is 2.04 bits per heavy atom. The number of nitrogens with one attached hydrogen (secondary N) is 1. The van der Waals surface area contributed by atoms with Gasteiger partial charge in [0.25, 0.3) is 0 Å². The van der Waals surface area contributed by atoms with Crippen LogP contribution in [-0.2, 0) is 20.8 Å². The van der Waals surface area contributed by atoms with Crippen LogP contribution in [-0.4, -0.2) is 57.6 Å². The van der Waals surface area contributed by atoms with Crippen LogP contribution in [0.4, 0.5) is 0 Å². The van der Waals surface area contributed by atoms with Crippen LogP contribution in [0.1, 0.15) is 18.9 Å². The molecule has 0 aliphatic carbocycles. The molecule has 0 aromatic heterocycles. The van der Waals surface area contributed by atoms with E-state index in [2.05, 4.69) is 21.2 Å². The van der Waals surface area contributed by atoms with Crippen LogP contribution in [0.3, 0.4) is 0 Å². The maximum absolute atomic E-state index is 12.4. The van der Waals surface area contributed by atoms with Crippen LogP contribution in [0.25, 0.3) is 0 Å². The third-order valence-corrected chi connectivity index (χ3v) is 4.76. The van der Waals surface area contributed by atoms with E-state index in [1.54, 1.807) is 18.2 Å². The number of β-amino-alcohol motifs (C(OH)–C–C–N with tert-alkyl or cyclic N) is 1. The summed E-state index contributed by atoms with van der Waals surface area (Å²) in [6, 6.07) is 5.19. The summed E-state index contributed by atoms with van der Waals surface area (Å²) in [5.74, 6) is -2.06. The summed E-state index contributed by atoms with van der Waals surface area (Å²) >= 11 is 3.35. The molecule has 2 rings (SSSR count). The first-order valence-electron chi connectivity index (χ1n) is 7.51. The quantitative estimate of drug-likeness (QED) is 0.670. The van der Waals surface area contributed by atoms with E-state index in [4.69, 9.17) is 0 Å². The van der Waals surface area contributed by atoms with Gasteiger partial charge in [0, 0.05) is 30.8 Å². The Hall–Kier alpha value is -1.93. The summed E-state index contributed by atoms with van der Waals surface area (Å²) in [7, 11) is 0.